The normalized spacial score (nSPS) is 22.5. The van der Waals surface area contributed by atoms with Gasteiger partial charge in [-0.1, -0.05) is 29.3 Å². The number of benzene rings is 1. The Morgan fingerprint density at radius 3 is 2.67 bits per heavy atom. The molecule has 1 N–H and O–H groups in total. The zero-order valence-corrected chi connectivity index (χ0v) is 14.3. The molecule has 21 heavy (non-hydrogen) atoms. The molecule has 0 aromatic heterocycles. The second-order valence-electron chi connectivity index (χ2n) is 6.45. The molecule has 1 aromatic rings. The van der Waals surface area contributed by atoms with Crippen LogP contribution in [0.25, 0.3) is 0 Å². The SMILES string of the molecule is CC(C)(C)NCC1CCC(COc2cccc(Cl)c2Cl)O1. The van der Waals surface area contributed by atoms with Gasteiger partial charge in [0.15, 0.2) is 0 Å². The molecule has 0 saturated carbocycles. The first-order valence-corrected chi connectivity index (χ1v) is 8.08. The van der Waals surface area contributed by atoms with Gasteiger partial charge in [-0.15, -0.1) is 0 Å². The van der Waals surface area contributed by atoms with Gasteiger partial charge in [0.1, 0.15) is 17.4 Å². The third kappa shape index (κ3) is 5.33. The Labute approximate surface area is 136 Å². The molecule has 1 saturated heterocycles. The summed E-state index contributed by atoms with van der Waals surface area (Å²) in [4.78, 5) is 0. The average molecular weight is 332 g/mol. The van der Waals surface area contributed by atoms with Crippen LogP contribution in [0, 0.1) is 0 Å². The molecule has 0 spiro atoms. The van der Waals surface area contributed by atoms with Crippen molar-refractivity contribution in [3.63, 3.8) is 0 Å². The Morgan fingerprint density at radius 2 is 1.95 bits per heavy atom. The molecular formula is C16H23Cl2NO2. The van der Waals surface area contributed by atoms with Crippen LogP contribution in [-0.4, -0.2) is 30.9 Å². The van der Waals surface area contributed by atoms with E-state index in [1.807, 2.05) is 12.1 Å². The van der Waals surface area contributed by atoms with E-state index in [1.165, 1.54) is 0 Å². The van der Waals surface area contributed by atoms with E-state index in [0.717, 1.165) is 19.4 Å². The maximum atomic E-state index is 6.10. The number of halogens is 2. The molecule has 1 aliphatic rings. The predicted molar refractivity (Wildman–Crippen MR) is 87.6 cm³/mol. The topological polar surface area (TPSA) is 30.5 Å². The largest absolute Gasteiger partial charge is 0.489 e. The highest BCUT2D eigenvalue weighted by Gasteiger charge is 2.26. The van der Waals surface area contributed by atoms with Crippen molar-refractivity contribution in [1.82, 2.24) is 5.32 Å². The van der Waals surface area contributed by atoms with Gasteiger partial charge in [0, 0.05) is 12.1 Å². The van der Waals surface area contributed by atoms with Crippen LogP contribution in [0.2, 0.25) is 10.0 Å². The molecule has 0 amide bonds. The number of hydrogen-bond acceptors (Lipinski definition) is 3. The van der Waals surface area contributed by atoms with Gasteiger partial charge >= 0.3 is 0 Å². The highest BCUT2D eigenvalue weighted by Crippen LogP contribution is 2.32. The van der Waals surface area contributed by atoms with E-state index in [1.54, 1.807) is 6.07 Å². The van der Waals surface area contributed by atoms with Crippen LogP contribution in [-0.2, 0) is 4.74 Å². The maximum absolute atomic E-state index is 6.10. The Hall–Kier alpha value is -0.480. The fourth-order valence-corrected chi connectivity index (χ4v) is 2.60. The van der Waals surface area contributed by atoms with Crippen LogP contribution in [0.3, 0.4) is 0 Å². The summed E-state index contributed by atoms with van der Waals surface area (Å²) in [5.74, 6) is 0.615. The van der Waals surface area contributed by atoms with Gasteiger partial charge in [0.2, 0.25) is 0 Å². The molecule has 0 aliphatic carbocycles. The highest BCUT2D eigenvalue weighted by molar-refractivity contribution is 6.42. The lowest BCUT2D eigenvalue weighted by molar-refractivity contribution is 0.0162. The summed E-state index contributed by atoms with van der Waals surface area (Å²) in [6, 6.07) is 5.40. The van der Waals surface area contributed by atoms with Crippen molar-refractivity contribution in [3.05, 3.63) is 28.2 Å². The van der Waals surface area contributed by atoms with Crippen LogP contribution in [0.1, 0.15) is 33.6 Å². The molecule has 2 rings (SSSR count). The van der Waals surface area contributed by atoms with Crippen LogP contribution < -0.4 is 10.1 Å². The molecule has 118 valence electrons. The van der Waals surface area contributed by atoms with Crippen LogP contribution in [0.4, 0.5) is 0 Å². The fraction of sp³-hybridized carbons (Fsp3) is 0.625. The number of rotatable bonds is 5. The smallest absolute Gasteiger partial charge is 0.139 e. The standard InChI is InChI=1S/C16H23Cl2NO2/c1-16(2,3)19-9-11-7-8-12(21-11)10-20-14-6-4-5-13(17)15(14)18/h4-6,11-12,19H,7-10H2,1-3H3. The van der Waals surface area contributed by atoms with Gasteiger partial charge < -0.3 is 14.8 Å². The van der Waals surface area contributed by atoms with Gasteiger partial charge in [-0.05, 0) is 45.7 Å². The molecule has 1 aromatic carbocycles. The lowest BCUT2D eigenvalue weighted by Gasteiger charge is -2.23. The van der Waals surface area contributed by atoms with Crippen molar-refractivity contribution in [2.45, 2.75) is 51.4 Å². The van der Waals surface area contributed by atoms with E-state index in [4.69, 9.17) is 32.7 Å². The number of ether oxygens (including phenoxy) is 2. The first-order valence-electron chi connectivity index (χ1n) is 7.32. The number of nitrogens with one attached hydrogen (secondary N) is 1. The Bertz CT molecular complexity index is 474. The minimum atomic E-state index is 0.117. The highest BCUT2D eigenvalue weighted by atomic mass is 35.5. The van der Waals surface area contributed by atoms with Gasteiger partial charge in [-0.2, -0.15) is 0 Å². The summed E-state index contributed by atoms with van der Waals surface area (Å²) in [5, 5.41) is 4.44. The van der Waals surface area contributed by atoms with E-state index >= 15 is 0 Å². The van der Waals surface area contributed by atoms with Crippen LogP contribution in [0.15, 0.2) is 18.2 Å². The first-order chi connectivity index (χ1) is 9.85. The molecule has 2 atom stereocenters. The monoisotopic (exact) mass is 331 g/mol. The van der Waals surface area contributed by atoms with E-state index < -0.39 is 0 Å². The Morgan fingerprint density at radius 1 is 1.24 bits per heavy atom. The van der Waals surface area contributed by atoms with Crippen molar-refractivity contribution in [2.24, 2.45) is 0 Å². The fourth-order valence-electron chi connectivity index (χ4n) is 2.25. The molecule has 1 heterocycles. The molecule has 3 nitrogen and oxygen atoms in total. The van der Waals surface area contributed by atoms with Gasteiger partial charge in [0.25, 0.3) is 0 Å². The van der Waals surface area contributed by atoms with E-state index in [2.05, 4.69) is 26.1 Å². The average Bonchev–Trinajstić information content (AvgIpc) is 2.85. The lowest BCUT2D eigenvalue weighted by Crippen LogP contribution is -2.41. The van der Waals surface area contributed by atoms with E-state index in [-0.39, 0.29) is 17.7 Å². The van der Waals surface area contributed by atoms with Gasteiger partial charge in [-0.3, -0.25) is 0 Å². The van der Waals surface area contributed by atoms with Crippen molar-refractivity contribution in [1.29, 1.82) is 0 Å². The molecular weight excluding hydrogens is 309 g/mol. The number of hydrogen-bond donors (Lipinski definition) is 1. The Balaban J connectivity index is 1.77. The Kier molecular flexibility index (Phi) is 5.78. The third-order valence-corrected chi connectivity index (χ3v) is 4.20. The zero-order valence-electron chi connectivity index (χ0n) is 12.8. The van der Waals surface area contributed by atoms with Crippen molar-refractivity contribution in [3.8, 4) is 5.75 Å². The quantitative estimate of drug-likeness (QED) is 0.872. The zero-order chi connectivity index (χ0) is 15.5. The summed E-state index contributed by atoms with van der Waals surface area (Å²) < 4.78 is 11.7. The van der Waals surface area contributed by atoms with Crippen molar-refractivity contribution in [2.75, 3.05) is 13.2 Å². The summed E-state index contributed by atoms with van der Waals surface area (Å²) >= 11 is 12.1. The predicted octanol–water partition coefficient (Wildman–Crippen LogP) is 4.31. The van der Waals surface area contributed by atoms with Gasteiger partial charge in [-0.25, -0.2) is 0 Å². The summed E-state index contributed by atoms with van der Waals surface area (Å²) in [5.41, 5.74) is 0.117. The summed E-state index contributed by atoms with van der Waals surface area (Å²) in [7, 11) is 0. The molecule has 0 bridgehead atoms. The van der Waals surface area contributed by atoms with Gasteiger partial charge in [0.05, 0.1) is 17.2 Å². The summed E-state index contributed by atoms with van der Waals surface area (Å²) in [6.07, 6.45) is 2.44. The van der Waals surface area contributed by atoms with E-state index in [9.17, 15) is 0 Å². The van der Waals surface area contributed by atoms with Crippen molar-refractivity contribution < 1.29 is 9.47 Å². The molecule has 2 unspecified atom stereocenters. The lowest BCUT2D eigenvalue weighted by atomic mass is 10.1. The molecule has 1 fully saturated rings. The third-order valence-electron chi connectivity index (χ3n) is 3.40. The van der Waals surface area contributed by atoms with Crippen molar-refractivity contribution >= 4 is 23.2 Å². The van der Waals surface area contributed by atoms with Crippen LogP contribution in [0.5, 0.6) is 5.75 Å². The minimum absolute atomic E-state index is 0.117. The molecule has 0 radical (unpaired) electrons. The second-order valence-corrected chi connectivity index (χ2v) is 7.24. The first kappa shape index (κ1) is 16.9. The maximum Gasteiger partial charge on any atom is 0.139 e. The minimum Gasteiger partial charge on any atom is -0.489 e. The van der Waals surface area contributed by atoms with E-state index in [0.29, 0.717) is 22.4 Å². The molecule has 1 aliphatic heterocycles. The summed E-state index contributed by atoms with van der Waals surface area (Å²) in [6.45, 7) is 7.85. The molecule has 5 heteroatoms. The second kappa shape index (κ2) is 7.19. The van der Waals surface area contributed by atoms with Crippen LogP contribution >= 0.6 is 23.2 Å².